The molecule has 1 amide bonds. The highest BCUT2D eigenvalue weighted by atomic mass is 32.1. The van der Waals surface area contributed by atoms with Gasteiger partial charge in [0.1, 0.15) is 4.88 Å². The highest BCUT2D eigenvalue weighted by Gasteiger charge is 2.35. The number of nitrogen functional groups attached to an aromatic ring is 1. The first kappa shape index (κ1) is 14.3. The summed E-state index contributed by atoms with van der Waals surface area (Å²) in [6.45, 7) is 3.74. The summed E-state index contributed by atoms with van der Waals surface area (Å²) in [4.78, 5) is 21.6. The molecule has 0 bridgehead atoms. The van der Waals surface area contributed by atoms with E-state index in [4.69, 9.17) is 5.73 Å². The van der Waals surface area contributed by atoms with E-state index in [1.165, 1.54) is 11.3 Å². The molecule has 0 radical (unpaired) electrons. The molecular formula is C15H20N4OS. The zero-order valence-corrected chi connectivity index (χ0v) is 13.4. The third-order valence-corrected chi connectivity index (χ3v) is 5.39. The number of hydrogen-bond donors (Lipinski definition) is 1. The van der Waals surface area contributed by atoms with Gasteiger partial charge in [0.05, 0.1) is 10.4 Å². The average Bonchev–Trinajstić information content (AvgIpc) is 3.00. The maximum Gasteiger partial charge on any atom is 0.266 e. The molecule has 3 heterocycles. The van der Waals surface area contributed by atoms with Crippen molar-refractivity contribution in [3.05, 3.63) is 23.3 Å². The van der Waals surface area contributed by atoms with Gasteiger partial charge in [-0.25, -0.2) is 0 Å². The minimum atomic E-state index is 0.0462. The lowest BCUT2D eigenvalue weighted by Crippen LogP contribution is -2.35. The van der Waals surface area contributed by atoms with Crippen LogP contribution in [-0.2, 0) is 0 Å². The van der Waals surface area contributed by atoms with Gasteiger partial charge < -0.3 is 15.5 Å². The summed E-state index contributed by atoms with van der Waals surface area (Å²) < 4.78 is 0.967. The highest BCUT2D eigenvalue weighted by Crippen LogP contribution is 2.34. The number of fused-ring (bicyclic) bond motifs is 1. The van der Waals surface area contributed by atoms with Crippen LogP contribution in [0.5, 0.6) is 0 Å². The number of likely N-dealkylation sites (N-methyl/N-ethyl adjacent to an activating group) is 1. The number of rotatable bonds is 2. The van der Waals surface area contributed by atoms with Gasteiger partial charge in [0.25, 0.3) is 5.91 Å². The summed E-state index contributed by atoms with van der Waals surface area (Å²) in [6, 6.07) is 2.28. The number of nitrogens with two attached hydrogens (primary N) is 1. The van der Waals surface area contributed by atoms with Crippen molar-refractivity contribution in [2.75, 3.05) is 32.9 Å². The molecule has 21 heavy (non-hydrogen) atoms. The second-order valence-electron chi connectivity index (χ2n) is 5.94. The Balaban J connectivity index is 1.90. The van der Waals surface area contributed by atoms with E-state index in [0.717, 1.165) is 23.2 Å². The van der Waals surface area contributed by atoms with E-state index in [9.17, 15) is 4.79 Å². The lowest BCUT2D eigenvalue weighted by molar-refractivity contribution is 0.0787. The van der Waals surface area contributed by atoms with Crippen molar-refractivity contribution in [3.63, 3.8) is 0 Å². The minimum Gasteiger partial charge on any atom is -0.397 e. The van der Waals surface area contributed by atoms with E-state index in [2.05, 4.69) is 30.9 Å². The summed E-state index contributed by atoms with van der Waals surface area (Å²) in [6.07, 6.45) is 3.47. The third-order valence-electron chi connectivity index (χ3n) is 4.25. The van der Waals surface area contributed by atoms with Crippen LogP contribution in [0.2, 0.25) is 0 Å². The Morgan fingerprint density at radius 3 is 2.86 bits per heavy atom. The standard InChI is InChI=1S/C15H20N4OS/c1-9-7-19(8-11(9)18(2)3)15(20)14-13(16)10-4-5-17-6-12(10)21-14/h4-6,9,11H,7-8,16H2,1-3H3. The lowest BCUT2D eigenvalue weighted by Gasteiger charge is -2.22. The Labute approximate surface area is 128 Å². The molecular weight excluding hydrogens is 284 g/mol. The van der Waals surface area contributed by atoms with E-state index in [1.807, 2.05) is 11.0 Å². The van der Waals surface area contributed by atoms with Gasteiger partial charge >= 0.3 is 0 Å². The zero-order valence-electron chi connectivity index (χ0n) is 12.5. The number of pyridine rings is 1. The fraction of sp³-hybridized carbons (Fsp3) is 0.467. The molecule has 2 atom stereocenters. The minimum absolute atomic E-state index is 0.0462. The quantitative estimate of drug-likeness (QED) is 0.920. The molecule has 1 aliphatic heterocycles. The van der Waals surface area contributed by atoms with Crippen LogP contribution in [0.1, 0.15) is 16.6 Å². The molecule has 0 aromatic carbocycles. The normalized spacial score (nSPS) is 22.4. The van der Waals surface area contributed by atoms with Crippen molar-refractivity contribution in [2.24, 2.45) is 5.92 Å². The molecule has 0 aliphatic carbocycles. The smallest absolute Gasteiger partial charge is 0.266 e. The van der Waals surface area contributed by atoms with Gasteiger partial charge in [-0.15, -0.1) is 11.3 Å². The lowest BCUT2D eigenvalue weighted by atomic mass is 10.1. The topological polar surface area (TPSA) is 62.5 Å². The molecule has 2 N–H and O–H groups in total. The Morgan fingerprint density at radius 2 is 2.24 bits per heavy atom. The molecule has 5 nitrogen and oxygen atoms in total. The van der Waals surface area contributed by atoms with Crippen molar-refractivity contribution in [2.45, 2.75) is 13.0 Å². The van der Waals surface area contributed by atoms with Crippen LogP contribution >= 0.6 is 11.3 Å². The van der Waals surface area contributed by atoms with Gasteiger partial charge in [-0.05, 0) is 26.1 Å². The van der Waals surface area contributed by atoms with Crippen molar-refractivity contribution in [1.29, 1.82) is 0 Å². The molecule has 1 saturated heterocycles. The molecule has 2 unspecified atom stereocenters. The van der Waals surface area contributed by atoms with Crippen LogP contribution in [0.15, 0.2) is 18.5 Å². The number of amides is 1. The summed E-state index contributed by atoms with van der Waals surface area (Å²) in [5, 5.41) is 0.926. The van der Waals surface area contributed by atoms with Gasteiger partial charge in [0.2, 0.25) is 0 Å². The van der Waals surface area contributed by atoms with Crippen LogP contribution < -0.4 is 5.73 Å². The van der Waals surface area contributed by atoms with Crippen molar-refractivity contribution in [3.8, 4) is 0 Å². The number of likely N-dealkylation sites (tertiary alicyclic amines) is 1. The second-order valence-corrected chi connectivity index (χ2v) is 6.99. The molecule has 0 saturated carbocycles. The predicted octanol–water partition coefficient (Wildman–Crippen LogP) is 1.90. The number of nitrogens with zero attached hydrogens (tertiary/aromatic N) is 3. The van der Waals surface area contributed by atoms with Gasteiger partial charge in [0, 0.05) is 36.9 Å². The van der Waals surface area contributed by atoms with Crippen LogP contribution in [0.3, 0.4) is 0 Å². The van der Waals surface area contributed by atoms with E-state index in [0.29, 0.717) is 22.5 Å². The molecule has 1 fully saturated rings. The molecule has 0 spiro atoms. The summed E-state index contributed by atoms with van der Waals surface area (Å²) >= 11 is 1.44. The van der Waals surface area contributed by atoms with Gasteiger partial charge in [-0.3, -0.25) is 9.78 Å². The second kappa shape index (κ2) is 5.27. The fourth-order valence-corrected chi connectivity index (χ4v) is 4.12. The van der Waals surface area contributed by atoms with Crippen molar-refractivity contribution >= 4 is 33.0 Å². The fourth-order valence-electron chi connectivity index (χ4n) is 3.06. The first-order valence-electron chi connectivity index (χ1n) is 7.06. The van der Waals surface area contributed by atoms with Crippen LogP contribution in [0.25, 0.3) is 10.1 Å². The molecule has 3 rings (SSSR count). The molecule has 2 aromatic heterocycles. The largest absolute Gasteiger partial charge is 0.397 e. The first-order valence-corrected chi connectivity index (χ1v) is 7.88. The van der Waals surface area contributed by atoms with E-state index < -0.39 is 0 Å². The Kier molecular flexibility index (Phi) is 3.59. The molecule has 1 aliphatic rings. The summed E-state index contributed by atoms with van der Waals surface area (Å²) in [7, 11) is 4.13. The van der Waals surface area contributed by atoms with Gasteiger partial charge in [0.15, 0.2) is 0 Å². The maximum absolute atomic E-state index is 12.8. The van der Waals surface area contributed by atoms with Crippen LogP contribution in [-0.4, -0.2) is 53.9 Å². The van der Waals surface area contributed by atoms with E-state index >= 15 is 0 Å². The predicted molar refractivity (Wildman–Crippen MR) is 86.6 cm³/mol. The molecule has 6 heteroatoms. The molecule has 2 aromatic rings. The number of hydrogen-bond acceptors (Lipinski definition) is 5. The zero-order chi connectivity index (χ0) is 15.1. The SMILES string of the molecule is CC1CN(C(=O)c2sc3cnccc3c2N)CC1N(C)C. The number of carbonyl (C=O) groups excluding carboxylic acids is 1. The average molecular weight is 304 g/mol. The van der Waals surface area contributed by atoms with Crippen LogP contribution in [0, 0.1) is 5.92 Å². The van der Waals surface area contributed by atoms with Crippen molar-refractivity contribution < 1.29 is 4.79 Å². The third kappa shape index (κ3) is 2.38. The Morgan fingerprint density at radius 1 is 1.48 bits per heavy atom. The van der Waals surface area contributed by atoms with Crippen LogP contribution in [0.4, 0.5) is 5.69 Å². The Hall–Kier alpha value is -1.66. The number of aromatic nitrogens is 1. The first-order chi connectivity index (χ1) is 9.99. The number of anilines is 1. The monoisotopic (exact) mass is 304 g/mol. The van der Waals surface area contributed by atoms with E-state index in [-0.39, 0.29) is 5.91 Å². The van der Waals surface area contributed by atoms with Gasteiger partial charge in [-0.2, -0.15) is 0 Å². The van der Waals surface area contributed by atoms with Gasteiger partial charge in [-0.1, -0.05) is 6.92 Å². The molecule has 112 valence electrons. The maximum atomic E-state index is 12.8. The Bertz CT molecular complexity index is 681. The number of carbonyl (C=O) groups is 1. The van der Waals surface area contributed by atoms with Crippen molar-refractivity contribution in [1.82, 2.24) is 14.8 Å². The van der Waals surface area contributed by atoms with E-state index in [1.54, 1.807) is 12.4 Å². The highest BCUT2D eigenvalue weighted by molar-refractivity contribution is 7.21. The number of thiophene rings is 1. The summed E-state index contributed by atoms with van der Waals surface area (Å²) in [5.41, 5.74) is 6.75. The summed E-state index contributed by atoms with van der Waals surface area (Å²) in [5.74, 6) is 0.520.